The molecule has 6 aromatic rings. The minimum atomic E-state index is -0.407. The van der Waals surface area contributed by atoms with E-state index in [0.29, 0.717) is 25.3 Å². The van der Waals surface area contributed by atoms with Crippen molar-refractivity contribution in [2.24, 2.45) is 0 Å². The predicted octanol–water partition coefficient (Wildman–Crippen LogP) is 7.05. The van der Waals surface area contributed by atoms with Gasteiger partial charge in [0.15, 0.2) is 5.65 Å². The van der Waals surface area contributed by atoms with Gasteiger partial charge in [-0.25, -0.2) is 9.97 Å². The first kappa shape index (κ1) is 29.1. The van der Waals surface area contributed by atoms with E-state index < -0.39 is 7.12 Å². The molecule has 0 unspecified atom stereocenters. The summed E-state index contributed by atoms with van der Waals surface area (Å²) in [5.41, 5.74) is 6.71. The Labute approximate surface area is 264 Å². The van der Waals surface area contributed by atoms with Crippen LogP contribution >= 0.6 is 0 Å². The first-order chi connectivity index (χ1) is 21.8. The Morgan fingerprint density at radius 2 is 1.40 bits per heavy atom. The Morgan fingerprint density at radius 1 is 0.711 bits per heavy atom. The van der Waals surface area contributed by atoms with Crippen molar-refractivity contribution in [1.82, 2.24) is 14.4 Å². The molecule has 1 fully saturated rings. The van der Waals surface area contributed by atoms with Gasteiger partial charge >= 0.3 is 7.12 Å². The predicted molar refractivity (Wildman–Crippen MR) is 176 cm³/mol. The Kier molecular flexibility index (Phi) is 7.55. The maximum absolute atomic E-state index is 6.62. The van der Waals surface area contributed by atoms with Crippen LogP contribution < -0.4 is 10.2 Å². The van der Waals surface area contributed by atoms with Gasteiger partial charge in [-0.05, 0) is 56.4 Å². The molecule has 0 spiro atoms. The van der Waals surface area contributed by atoms with Gasteiger partial charge in [0.1, 0.15) is 18.1 Å². The lowest BCUT2D eigenvalue weighted by Crippen LogP contribution is -2.41. The van der Waals surface area contributed by atoms with E-state index in [9.17, 15) is 0 Å². The Hall–Kier alpha value is -4.66. The summed E-state index contributed by atoms with van der Waals surface area (Å²) in [7, 11) is -0.407. The minimum Gasteiger partial charge on any atom is -0.472 e. The quantitative estimate of drug-likeness (QED) is 0.167. The van der Waals surface area contributed by atoms with Crippen molar-refractivity contribution >= 4 is 18.2 Å². The molecular weight excluding hydrogens is 561 g/mol. The van der Waals surface area contributed by atoms with Crippen LogP contribution in [-0.2, 0) is 28.8 Å². The van der Waals surface area contributed by atoms with Gasteiger partial charge in [0, 0.05) is 18.2 Å². The van der Waals surface area contributed by atoms with Crippen LogP contribution in [0, 0.1) is 0 Å². The standard InChI is InChI=1S/C37H36BN3O4/c1-36(2)37(3,4)45-38(44-36)29-19-17-27(18-20-29)25-43-35-32(23-30-16-11-21-42-30)40-34-31(22-26-12-7-5-8-13-26)39-33(24-41(34)35)28-14-9-6-10-15-28/h5-21,24H,22-23,25H2,1-4H3. The van der Waals surface area contributed by atoms with E-state index in [1.165, 1.54) is 0 Å². The van der Waals surface area contributed by atoms with Crippen molar-refractivity contribution in [3.8, 4) is 17.1 Å². The maximum Gasteiger partial charge on any atom is 0.494 e. The number of fused-ring (bicyclic) bond motifs is 1. The molecule has 0 atom stereocenters. The van der Waals surface area contributed by atoms with Gasteiger partial charge in [-0.3, -0.25) is 4.40 Å². The molecule has 0 bridgehead atoms. The first-order valence-corrected chi connectivity index (χ1v) is 15.4. The Morgan fingerprint density at radius 3 is 2.07 bits per heavy atom. The molecule has 1 aliphatic heterocycles. The van der Waals surface area contributed by atoms with Crippen LogP contribution in [0.3, 0.4) is 0 Å². The zero-order chi connectivity index (χ0) is 31.0. The third kappa shape index (κ3) is 5.91. The monoisotopic (exact) mass is 597 g/mol. The van der Waals surface area contributed by atoms with Crippen LogP contribution in [0.1, 0.15) is 56.0 Å². The number of furan rings is 1. The number of ether oxygens (including phenoxy) is 1. The summed E-state index contributed by atoms with van der Waals surface area (Å²) in [6, 6.07) is 32.6. The summed E-state index contributed by atoms with van der Waals surface area (Å²) in [6.45, 7) is 8.62. The lowest BCUT2D eigenvalue weighted by atomic mass is 9.79. The largest absolute Gasteiger partial charge is 0.494 e. The van der Waals surface area contributed by atoms with Gasteiger partial charge in [-0.15, -0.1) is 0 Å². The van der Waals surface area contributed by atoms with Gasteiger partial charge in [-0.2, -0.15) is 0 Å². The summed E-state index contributed by atoms with van der Waals surface area (Å²) in [6.07, 6.45) is 4.84. The van der Waals surface area contributed by atoms with Crippen molar-refractivity contribution < 1.29 is 18.5 Å². The second kappa shape index (κ2) is 11.7. The average molecular weight is 598 g/mol. The fourth-order valence-corrected chi connectivity index (χ4v) is 5.54. The summed E-state index contributed by atoms with van der Waals surface area (Å²) in [4.78, 5) is 10.2. The van der Waals surface area contributed by atoms with Gasteiger partial charge in [0.25, 0.3) is 0 Å². The molecule has 0 aliphatic carbocycles. The molecule has 0 N–H and O–H groups in total. The van der Waals surface area contributed by atoms with Crippen molar-refractivity contribution in [2.45, 2.75) is 58.3 Å². The molecule has 7 rings (SSSR count). The molecule has 0 radical (unpaired) electrons. The molecule has 8 heteroatoms. The summed E-state index contributed by atoms with van der Waals surface area (Å²) >= 11 is 0. The molecule has 45 heavy (non-hydrogen) atoms. The maximum atomic E-state index is 6.62. The minimum absolute atomic E-state index is 0.361. The number of nitrogens with zero attached hydrogens (tertiary/aromatic N) is 3. The van der Waals surface area contributed by atoms with Crippen molar-refractivity contribution in [1.29, 1.82) is 0 Å². The topological polar surface area (TPSA) is 71.0 Å². The fourth-order valence-electron chi connectivity index (χ4n) is 5.54. The lowest BCUT2D eigenvalue weighted by Gasteiger charge is -2.32. The molecule has 1 aliphatic rings. The Balaban J connectivity index is 1.24. The highest BCUT2D eigenvalue weighted by atomic mass is 16.7. The van der Waals surface area contributed by atoms with Crippen LogP contribution in [0.4, 0.5) is 0 Å². The second-order valence-electron chi connectivity index (χ2n) is 12.5. The highest BCUT2D eigenvalue weighted by molar-refractivity contribution is 6.62. The molecule has 3 aromatic carbocycles. The number of aromatic nitrogens is 3. The zero-order valence-electron chi connectivity index (χ0n) is 26.1. The van der Waals surface area contributed by atoms with Crippen LogP contribution in [-0.4, -0.2) is 32.7 Å². The SMILES string of the molecule is CC1(C)OB(c2ccc(COc3c(Cc4ccco4)nc4c(Cc5ccccc5)nc(-c5ccccc5)cn34)cc2)OC1(C)C. The third-order valence-electron chi connectivity index (χ3n) is 8.79. The van der Waals surface area contributed by atoms with Crippen LogP contribution in [0.2, 0.25) is 0 Å². The number of benzene rings is 3. The smallest absolute Gasteiger partial charge is 0.472 e. The number of hydrogen-bond donors (Lipinski definition) is 0. The summed E-state index contributed by atoms with van der Waals surface area (Å²) in [5.74, 6) is 1.49. The third-order valence-corrected chi connectivity index (χ3v) is 8.79. The zero-order valence-corrected chi connectivity index (χ0v) is 26.1. The second-order valence-corrected chi connectivity index (χ2v) is 12.5. The van der Waals surface area contributed by atoms with E-state index in [2.05, 4.69) is 76.2 Å². The van der Waals surface area contributed by atoms with E-state index in [1.807, 2.05) is 59.1 Å². The van der Waals surface area contributed by atoms with E-state index in [4.69, 9.17) is 28.4 Å². The average Bonchev–Trinajstić information content (AvgIpc) is 3.73. The fraction of sp³-hybridized carbons (Fsp3) is 0.243. The van der Waals surface area contributed by atoms with Crippen molar-refractivity contribution in [2.75, 3.05) is 0 Å². The summed E-state index contributed by atoms with van der Waals surface area (Å²) < 4.78 is 26.9. The molecule has 4 heterocycles. The number of hydrogen-bond acceptors (Lipinski definition) is 6. The normalized spacial score (nSPS) is 15.5. The van der Waals surface area contributed by atoms with E-state index in [-0.39, 0.29) is 11.2 Å². The van der Waals surface area contributed by atoms with Gasteiger partial charge in [0.2, 0.25) is 5.88 Å². The van der Waals surface area contributed by atoms with Gasteiger partial charge in [0.05, 0.1) is 35.3 Å². The van der Waals surface area contributed by atoms with Crippen LogP contribution in [0.15, 0.2) is 114 Å². The lowest BCUT2D eigenvalue weighted by molar-refractivity contribution is 0.00578. The van der Waals surface area contributed by atoms with E-state index in [0.717, 1.165) is 50.6 Å². The molecule has 7 nitrogen and oxygen atoms in total. The van der Waals surface area contributed by atoms with Crippen molar-refractivity contribution in [3.05, 3.63) is 138 Å². The van der Waals surface area contributed by atoms with Crippen LogP contribution in [0.5, 0.6) is 5.88 Å². The molecular formula is C37H36BN3O4. The molecule has 3 aromatic heterocycles. The highest BCUT2D eigenvalue weighted by Crippen LogP contribution is 2.36. The van der Waals surface area contributed by atoms with Gasteiger partial charge in [-0.1, -0.05) is 84.9 Å². The molecule has 1 saturated heterocycles. The highest BCUT2D eigenvalue weighted by Gasteiger charge is 2.51. The van der Waals surface area contributed by atoms with E-state index >= 15 is 0 Å². The summed E-state index contributed by atoms with van der Waals surface area (Å²) in [5, 5.41) is 0. The molecule has 226 valence electrons. The Bertz CT molecular complexity index is 1890. The number of rotatable bonds is 9. The van der Waals surface area contributed by atoms with Crippen molar-refractivity contribution in [3.63, 3.8) is 0 Å². The van der Waals surface area contributed by atoms with Crippen LogP contribution in [0.25, 0.3) is 16.9 Å². The molecule has 0 saturated carbocycles. The van der Waals surface area contributed by atoms with E-state index in [1.54, 1.807) is 6.26 Å². The first-order valence-electron chi connectivity index (χ1n) is 15.4. The number of imidazole rings is 1. The van der Waals surface area contributed by atoms with Gasteiger partial charge < -0.3 is 18.5 Å². The molecule has 0 amide bonds.